The Bertz CT molecular complexity index is 1020. The number of nitrogens with zero attached hydrogens (tertiary/aromatic N) is 3. The molecule has 3 aromatic rings. The molecule has 2 aromatic carbocycles. The van der Waals surface area contributed by atoms with Crippen molar-refractivity contribution in [2.45, 2.75) is 6.42 Å². The predicted octanol–water partition coefficient (Wildman–Crippen LogP) is 4.71. The van der Waals surface area contributed by atoms with Gasteiger partial charge in [-0.05, 0) is 37.7 Å². The molecular formula is C24H28ClN3O3. The lowest BCUT2D eigenvalue weighted by atomic mass is 10.1. The van der Waals surface area contributed by atoms with E-state index in [2.05, 4.69) is 21.8 Å². The Kier molecular flexibility index (Phi) is 7.12. The molecule has 7 heteroatoms. The molecule has 0 spiro atoms. The molecule has 6 nitrogen and oxygen atoms in total. The van der Waals surface area contributed by atoms with Gasteiger partial charge in [0, 0.05) is 50.4 Å². The molecule has 164 valence electrons. The van der Waals surface area contributed by atoms with E-state index in [1.807, 2.05) is 36.4 Å². The molecule has 0 amide bonds. The van der Waals surface area contributed by atoms with E-state index in [1.165, 1.54) is 0 Å². The zero-order valence-corrected chi connectivity index (χ0v) is 18.8. The van der Waals surface area contributed by atoms with Crippen molar-refractivity contribution in [2.75, 3.05) is 53.5 Å². The fourth-order valence-electron chi connectivity index (χ4n) is 3.68. The maximum absolute atomic E-state index is 6.25. The zero-order valence-electron chi connectivity index (χ0n) is 18.0. The van der Waals surface area contributed by atoms with Crippen molar-refractivity contribution in [1.29, 1.82) is 0 Å². The molecule has 0 unspecified atom stereocenters. The van der Waals surface area contributed by atoms with Gasteiger partial charge in [0.25, 0.3) is 0 Å². The molecule has 1 fully saturated rings. The normalized spacial score (nSPS) is 15.2. The van der Waals surface area contributed by atoms with Gasteiger partial charge in [0.2, 0.25) is 0 Å². The highest BCUT2D eigenvalue weighted by Gasteiger charge is 2.15. The summed E-state index contributed by atoms with van der Waals surface area (Å²) in [6.07, 6.45) is 2.69. The van der Waals surface area contributed by atoms with Crippen LogP contribution in [-0.2, 0) is 0 Å². The van der Waals surface area contributed by atoms with E-state index in [0.717, 1.165) is 50.0 Å². The maximum Gasteiger partial charge on any atom is 0.163 e. The fraction of sp³-hybridized carbons (Fsp3) is 0.375. The number of benzene rings is 2. The van der Waals surface area contributed by atoms with Gasteiger partial charge in [-0.2, -0.15) is 0 Å². The summed E-state index contributed by atoms with van der Waals surface area (Å²) in [5.41, 5.74) is 0.777. The van der Waals surface area contributed by atoms with Gasteiger partial charge in [0.1, 0.15) is 11.5 Å². The number of hydrogen-bond donors (Lipinski definition) is 0. The molecule has 0 bridgehead atoms. The second-order valence-electron chi connectivity index (χ2n) is 7.71. The van der Waals surface area contributed by atoms with E-state index >= 15 is 0 Å². The first-order chi connectivity index (χ1) is 15.1. The molecular weight excluding hydrogens is 414 g/mol. The van der Waals surface area contributed by atoms with E-state index in [0.29, 0.717) is 34.6 Å². The quantitative estimate of drug-likeness (QED) is 0.472. The van der Waals surface area contributed by atoms with Crippen LogP contribution in [0.2, 0.25) is 5.02 Å². The van der Waals surface area contributed by atoms with Crippen molar-refractivity contribution in [3.8, 4) is 23.0 Å². The number of pyridine rings is 1. The Balaban J connectivity index is 1.45. The SMILES string of the molecule is COc1cc2c(Oc3ccccc3Cl)ccnc2cc1OCCCN1CCN(C)CC1. The third-order valence-corrected chi connectivity index (χ3v) is 5.83. The molecule has 1 saturated heterocycles. The Hall–Kier alpha value is -2.54. The summed E-state index contributed by atoms with van der Waals surface area (Å²) in [5.74, 6) is 2.61. The number of likely N-dealkylation sites (N-methyl/N-ethyl adjacent to an activating group) is 1. The van der Waals surface area contributed by atoms with Crippen molar-refractivity contribution in [3.63, 3.8) is 0 Å². The van der Waals surface area contributed by atoms with Gasteiger partial charge in [-0.25, -0.2) is 0 Å². The van der Waals surface area contributed by atoms with Gasteiger partial charge < -0.3 is 24.0 Å². The lowest BCUT2D eigenvalue weighted by Crippen LogP contribution is -2.44. The third-order valence-electron chi connectivity index (χ3n) is 5.52. The molecule has 1 aromatic heterocycles. The lowest BCUT2D eigenvalue weighted by Gasteiger charge is -2.32. The number of hydrogen-bond acceptors (Lipinski definition) is 6. The molecule has 2 heterocycles. The highest BCUT2D eigenvalue weighted by Crippen LogP contribution is 2.38. The molecule has 4 rings (SSSR count). The second-order valence-corrected chi connectivity index (χ2v) is 8.12. The van der Waals surface area contributed by atoms with Crippen LogP contribution < -0.4 is 14.2 Å². The van der Waals surface area contributed by atoms with Crippen molar-refractivity contribution in [1.82, 2.24) is 14.8 Å². The van der Waals surface area contributed by atoms with Gasteiger partial charge in [0.05, 0.1) is 24.3 Å². The van der Waals surface area contributed by atoms with Crippen LogP contribution in [0.4, 0.5) is 0 Å². The molecule has 0 N–H and O–H groups in total. The van der Waals surface area contributed by atoms with E-state index in [4.69, 9.17) is 25.8 Å². The number of fused-ring (bicyclic) bond motifs is 1. The topological polar surface area (TPSA) is 47.1 Å². The minimum Gasteiger partial charge on any atom is -0.493 e. The summed E-state index contributed by atoms with van der Waals surface area (Å²) in [6.45, 7) is 6.16. The molecule has 1 aliphatic rings. The summed E-state index contributed by atoms with van der Waals surface area (Å²) in [4.78, 5) is 9.34. The van der Waals surface area contributed by atoms with Crippen LogP contribution in [0.15, 0.2) is 48.7 Å². The summed E-state index contributed by atoms with van der Waals surface area (Å²) in [5, 5.41) is 1.39. The van der Waals surface area contributed by atoms with Crippen LogP contribution in [0.3, 0.4) is 0 Å². The van der Waals surface area contributed by atoms with Crippen molar-refractivity contribution in [2.24, 2.45) is 0 Å². The van der Waals surface area contributed by atoms with Crippen LogP contribution in [0.5, 0.6) is 23.0 Å². The number of aromatic nitrogens is 1. The van der Waals surface area contributed by atoms with E-state index < -0.39 is 0 Å². The summed E-state index contributed by atoms with van der Waals surface area (Å²) >= 11 is 6.25. The molecule has 0 atom stereocenters. The molecule has 0 radical (unpaired) electrons. The summed E-state index contributed by atoms with van der Waals surface area (Å²) < 4.78 is 17.7. The fourth-order valence-corrected chi connectivity index (χ4v) is 3.85. The molecule has 31 heavy (non-hydrogen) atoms. The van der Waals surface area contributed by atoms with Gasteiger partial charge >= 0.3 is 0 Å². The minimum atomic E-state index is 0.555. The first kappa shape index (κ1) is 21.7. The Morgan fingerprint density at radius 3 is 2.55 bits per heavy atom. The lowest BCUT2D eigenvalue weighted by molar-refractivity contribution is 0.145. The summed E-state index contributed by atoms with van der Waals surface area (Å²) in [7, 11) is 3.81. The second kappa shape index (κ2) is 10.2. The monoisotopic (exact) mass is 441 g/mol. The van der Waals surface area contributed by atoms with Gasteiger partial charge in [-0.3, -0.25) is 4.98 Å². The standard InChI is InChI=1S/C24H28ClN3O3/c1-27-11-13-28(14-12-27)10-5-15-30-24-17-20-18(16-23(24)29-2)21(8-9-26-20)31-22-7-4-3-6-19(22)25/h3-4,6-9,16-17H,5,10-15H2,1-2H3. The Morgan fingerprint density at radius 2 is 1.77 bits per heavy atom. The van der Waals surface area contributed by atoms with E-state index in [9.17, 15) is 0 Å². The Morgan fingerprint density at radius 1 is 0.968 bits per heavy atom. The maximum atomic E-state index is 6.25. The molecule has 0 saturated carbocycles. The average molecular weight is 442 g/mol. The first-order valence-electron chi connectivity index (χ1n) is 10.6. The number of ether oxygens (including phenoxy) is 3. The van der Waals surface area contributed by atoms with Crippen LogP contribution in [-0.4, -0.2) is 68.3 Å². The number of methoxy groups -OCH3 is 1. The van der Waals surface area contributed by atoms with E-state index in [1.54, 1.807) is 19.4 Å². The van der Waals surface area contributed by atoms with Crippen molar-refractivity contribution >= 4 is 22.5 Å². The number of rotatable bonds is 8. The Labute approximate surface area is 188 Å². The smallest absolute Gasteiger partial charge is 0.163 e. The van der Waals surface area contributed by atoms with Crippen molar-refractivity contribution in [3.05, 3.63) is 53.7 Å². The third kappa shape index (κ3) is 5.39. The van der Waals surface area contributed by atoms with Gasteiger partial charge in [-0.1, -0.05) is 23.7 Å². The summed E-state index contributed by atoms with van der Waals surface area (Å²) in [6, 6.07) is 13.0. The van der Waals surface area contributed by atoms with Crippen LogP contribution in [0, 0.1) is 0 Å². The first-order valence-corrected chi connectivity index (χ1v) is 10.9. The number of halogens is 1. The number of piperazine rings is 1. The largest absolute Gasteiger partial charge is 0.493 e. The highest BCUT2D eigenvalue weighted by molar-refractivity contribution is 6.32. The van der Waals surface area contributed by atoms with Gasteiger partial charge in [-0.15, -0.1) is 0 Å². The average Bonchev–Trinajstić information content (AvgIpc) is 2.79. The number of para-hydroxylation sites is 1. The predicted molar refractivity (Wildman–Crippen MR) is 124 cm³/mol. The van der Waals surface area contributed by atoms with Crippen LogP contribution in [0.25, 0.3) is 10.9 Å². The van der Waals surface area contributed by atoms with Crippen LogP contribution in [0.1, 0.15) is 6.42 Å². The van der Waals surface area contributed by atoms with Crippen molar-refractivity contribution < 1.29 is 14.2 Å². The minimum absolute atomic E-state index is 0.555. The van der Waals surface area contributed by atoms with Gasteiger partial charge in [0.15, 0.2) is 11.5 Å². The van der Waals surface area contributed by atoms with Crippen LogP contribution >= 0.6 is 11.6 Å². The highest BCUT2D eigenvalue weighted by atomic mass is 35.5. The van der Waals surface area contributed by atoms with E-state index in [-0.39, 0.29) is 0 Å². The molecule has 0 aliphatic carbocycles. The zero-order chi connectivity index (χ0) is 21.6. The molecule has 1 aliphatic heterocycles.